The average molecular weight is 541 g/mol. The third-order valence-corrected chi connectivity index (χ3v) is 6.47. The first-order chi connectivity index (χ1) is 17.4. The van der Waals surface area contributed by atoms with Crippen molar-refractivity contribution in [3.8, 4) is 17.6 Å². The van der Waals surface area contributed by atoms with Gasteiger partial charge in [0.25, 0.3) is 5.91 Å². The molecule has 5 nitrogen and oxygen atoms in total. The van der Waals surface area contributed by atoms with Gasteiger partial charge in [-0.2, -0.15) is 5.26 Å². The summed E-state index contributed by atoms with van der Waals surface area (Å²) in [5, 5.41) is 14.8. The Bertz CT molecular complexity index is 1520. The number of anilines is 1. The fraction of sp³-hybridized carbons (Fsp3) is 0.133. The molecule has 6 heteroatoms. The third-order valence-electron chi connectivity index (χ3n) is 5.79. The minimum atomic E-state index is -0.480. The van der Waals surface area contributed by atoms with Crippen LogP contribution in [0.2, 0.25) is 0 Å². The number of carbonyl (C=O) groups is 1. The molecule has 36 heavy (non-hydrogen) atoms. The van der Waals surface area contributed by atoms with E-state index < -0.39 is 5.91 Å². The number of fused-ring (bicyclic) bond motifs is 1. The van der Waals surface area contributed by atoms with E-state index >= 15 is 0 Å². The summed E-state index contributed by atoms with van der Waals surface area (Å²) in [6, 6.07) is 25.6. The van der Waals surface area contributed by atoms with E-state index in [2.05, 4.69) is 45.5 Å². The number of nitriles is 1. The van der Waals surface area contributed by atoms with Gasteiger partial charge in [0.2, 0.25) is 0 Å². The summed E-state index contributed by atoms with van der Waals surface area (Å²) in [5.74, 6) is 0.567. The van der Waals surface area contributed by atoms with Crippen molar-refractivity contribution in [2.75, 3.05) is 12.4 Å². The van der Waals surface area contributed by atoms with Crippen molar-refractivity contribution in [3.05, 3.63) is 105 Å². The van der Waals surface area contributed by atoms with E-state index in [1.54, 1.807) is 19.2 Å². The molecule has 4 aromatic carbocycles. The number of aryl methyl sites for hydroxylation is 2. The van der Waals surface area contributed by atoms with Crippen molar-refractivity contribution >= 4 is 44.4 Å². The number of hydrogen-bond donors (Lipinski definition) is 1. The molecule has 0 saturated heterocycles. The van der Waals surface area contributed by atoms with Gasteiger partial charge in [0.1, 0.15) is 18.2 Å². The van der Waals surface area contributed by atoms with Gasteiger partial charge in [0.15, 0.2) is 11.5 Å². The number of methoxy groups -OCH3 is 1. The van der Waals surface area contributed by atoms with Crippen LogP contribution in [0.5, 0.6) is 11.5 Å². The summed E-state index contributed by atoms with van der Waals surface area (Å²) in [6.07, 6.45) is 1.53. The summed E-state index contributed by atoms with van der Waals surface area (Å²) in [7, 11) is 1.55. The van der Waals surface area contributed by atoms with Crippen LogP contribution in [0.4, 0.5) is 5.69 Å². The molecule has 0 fully saturated rings. The molecule has 0 radical (unpaired) electrons. The lowest BCUT2D eigenvalue weighted by Gasteiger charge is -2.14. The Balaban J connectivity index is 1.54. The zero-order chi connectivity index (χ0) is 25.7. The summed E-state index contributed by atoms with van der Waals surface area (Å²) in [6.45, 7) is 4.26. The Labute approximate surface area is 219 Å². The van der Waals surface area contributed by atoms with Crippen LogP contribution in [0.1, 0.15) is 22.3 Å². The van der Waals surface area contributed by atoms with Crippen LogP contribution in [0.3, 0.4) is 0 Å². The summed E-state index contributed by atoms with van der Waals surface area (Å²) < 4.78 is 12.3. The van der Waals surface area contributed by atoms with E-state index in [4.69, 9.17) is 9.47 Å². The highest BCUT2D eigenvalue weighted by Gasteiger charge is 2.15. The number of ether oxygens (including phenoxy) is 2. The van der Waals surface area contributed by atoms with Crippen molar-refractivity contribution in [2.45, 2.75) is 20.5 Å². The molecule has 0 bridgehead atoms. The van der Waals surface area contributed by atoms with Crippen LogP contribution in [-0.4, -0.2) is 13.0 Å². The maximum absolute atomic E-state index is 12.8. The lowest BCUT2D eigenvalue weighted by atomic mass is 10.1. The molecule has 1 amide bonds. The van der Waals surface area contributed by atoms with E-state index in [1.165, 1.54) is 11.5 Å². The van der Waals surface area contributed by atoms with E-state index in [9.17, 15) is 10.1 Å². The molecule has 0 aliphatic rings. The van der Waals surface area contributed by atoms with Crippen LogP contribution < -0.4 is 14.8 Å². The average Bonchev–Trinajstić information content (AvgIpc) is 2.88. The second kappa shape index (κ2) is 11.1. The smallest absolute Gasteiger partial charge is 0.266 e. The quantitative estimate of drug-likeness (QED) is 0.196. The number of benzene rings is 4. The molecule has 0 aromatic heterocycles. The van der Waals surface area contributed by atoms with Gasteiger partial charge in [0, 0.05) is 10.2 Å². The number of hydrogen-bond acceptors (Lipinski definition) is 4. The molecule has 4 rings (SSSR count). The second-order valence-electron chi connectivity index (χ2n) is 8.44. The van der Waals surface area contributed by atoms with E-state index in [0.29, 0.717) is 33.8 Å². The van der Waals surface area contributed by atoms with Crippen molar-refractivity contribution in [3.63, 3.8) is 0 Å². The predicted molar refractivity (Wildman–Crippen MR) is 147 cm³/mol. The minimum absolute atomic E-state index is 0.0254. The molecule has 0 aliphatic carbocycles. The molecular formula is C30H25BrN2O3. The Kier molecular flexibility index (Phi) is 7.72. The summed E-state index contributed by atoms with van der Waals surface area (Å²) >= 11 is 3.54. The van der Waals surface area contributed by atoms with Gasteiger partial charge in [-0.15, -0.1) is 0 Å². The Morgan fingerprint density at radius 3 is 2.50 bits per heavy atom. The topological polar surface area (TPSA) is 71.3 Å². The van der Waals surface area contributed by atoms with E-state index in [0.717, 1.165) is 22.1 Å². The zero-order valence-electron chi connectivity index (χ0n) is 20.3. The molecule has 0 unspecified atom stereocenters. The van der Waals surface area contributed by atoms with Gasteiger partial charge in [-0.1, -0.05) is 70.0 Å². The zero-order valence-corrected chi connectivity index (χ0v) is 21.8. The van der Waals surface area contributed by atoms with Gasteiger partial charge in [0.05, 0.1) is 7.11 Å². The third kappa shape index (κ3) is 5.76. The number of rotatable bonds is 7. The number of nitrogens with zero attached hydrogens (tertiary/aromatic N) is 1. The van der Waals surface area contributed by atoms with Crippen molar-refractivity contribution < 1.29 is 14.3 Å². The highest BCUT2D eigenvalue weighted by atomic mass is 79.9. The molecule has 180 valence electrons. The lowest BCUT2D eigenvalue weighted by molar-refractivity contribution is -0.112. The Morgan fingerprint density at radius 1 is 1.00 bits per heavy atom. The fourth-order valence-corrected chi connectivity index (χ4v) is 4.31. The predicted octanol–water partition coefficient (Wildman–Crippen LogP) is 7.35. The van der Waals surface area contributed by atoms with Gasteiger partial charge >= 0.3 is 0 Å². The normalized spacial score (nSPS) is 11.1. The molecule has 0 heterocycles. The molecule has 0 spiro atoms. The monoisotopic (exact) mass is 540 g/mol. The maximum Gasteiger partial charge on any atom is 0.266 e. The molecule has 0 saturated carbocycles. The van der Waals surface area contributed by atoms with E-state index in [-0.39, 0.29) is 5.57 Å². The highest BCUT2D eigenvalue weighted by molar-refractivity contribution is 9.10. The van der Waals surface area contributed by atoms with Gasteiger partial charge in [-0.25, -0.2) is 0 Å². The van der Waals surface area contributed by atoms with Crippen molar-refractivity contribution in [2.24, 2.45) is 0 Å². The van der Waals surface area contributed by atoms with Gasteiger partial charge in [-0.3, -0.25) is 4.79 Å². The SMILES string of the molecule is COc1cc(/C=C(\C#N)C(=O)Nc2ccc(C)cc2C)c(Br)cc1OCc1ccc2ccccc2c1. The molecular weight excluding hydrogens is 516 g/mol. The maximum atomic E-state index is 12.8. The number of amides is 1. The molecule has 0 aliphatic heterocycles. The molecule has 0 atom stereocenters. The standard InChI is InChI=1S/C30H25BrN2O3/c1-19-8-11-27(20(2)12-19)33-30(34)25(17-32)14-24-15-28(35-3)29(16-26(24)31)36-18-21-9-10-22-6-4-5-7-23(22)13-21/h4-16H,18H2,1-3H3,(H,33,34)/b25-14+. The fourth-order valence-electron chi connectivity index (χ4n) is 3.87. The summed E-state index contributed by atoms with van der Waals surface area (Å²) in [4.78, 5) is 12.8. The van der Waals surface area contributed by atoms with Crippen LogP contribution >= 0.6 is 15.9 Å². The highest BCUT2D eigenvalue weighted by Crippen LogP contribution is 2.35. The Morgan fingerprint density at radius 2 is 1.78 bits per heavy atom. The summed E-state index contributed by atoms with van der Waals surface area (Å²) in [5.41, 5.74) is 4.32. The largest absolute Gasteiger partial charge is 0.493 e. The van der Waals surface area contributed by atoms with Crippen LogP contribution in [0, 0.1) is 25.2 Å². The van der Waals surface area contributed by atoms with Gasteiger partial charge in [-0.05, 0) is 71.7 Å². The van der Waals surface area contributed by atoms with Crippen LogP contribution in [-0.2, 0) is 11.4 Å². The molecule has 4 aromatic rings. The van der Waals surface area contributed by atoms with Crippen molar-refractivity contribution in [1.82, 2.24) is 0 Å². The Hall–Kier alpha value is -4.08. The van der Waals surface area contributed by atoms with E-state index in [1.807, 2.05) is 56.3 Å². The van der Waals surface area contributed by atoms with Crippen molar-refractivity contribution in [1.29, 1.82) is 5.26 Å². The first-order valence-electron chi connectivity index (χ1n) is 11.4. The minimum Gasteiger partial charge on any atom is -0.493 e. The second-order valence-corrected chi connectivity index (χ2v) is 9.29. The first-order valence-corrected chi connectivity index (χ1v) is 12.2. The molecule has 1 N–H and O–H groups in total. The lowest BCUT2D eigenvalue weighted by Crippen LogP contribution is -2.14. The van der Waals surface area contributed by atoms with Gasteiger partial charge < -0.3 is 14.8 Å². The van der Waals surface area contributed by atoms with Crippen LogP contribution in [0.15, 0.2) is 82.8 Å². The number of nitrogens with one attached hydrogen (secondary N) is 1. The first kappa shape index (κ1) is 25.0. The van der Waals surface area contributed by atoms with Crippen LogP contribution in [0.25, 0.3) is 16.8 Å². The number of carbonyl (C=O) groups excluding carboxylic acids is 1. The number of halogens is 1.